The van der Waals surface area contributed by atoms with E-state index >= 15 is 0 Å². The topological polar surface area (TPSA) is 33.2 Å². The van der Waals surface area contributed by atoms with Gasteiger partial charge in [-0.25, -0.2) is 4.98 Å². The first-order valence-corrected chi connectivity index (χ1v) is 6.95. The Hall–Kier alpha value is -1.68. The molecule has 0 saturated heterocycles. The molecule has 4 heteroatoms. The molecule has 0 N–H and O–H groups in total. The predicted octanol–water partition coefficient (Wildman–Crippen LogP) is 3.12. The summed E-state index contributed by atoms with van der Waals surface area (Å²) in [6, 6.07) is 8.37. The maximum atomic E-state index is 11.1. The van der Waals surface area contributed by atoms with Gasteiger partial charge in [0, 0.05) is 17.1 Å². The van der Waals surface area contributed by atoms with E-state index in [0.717, 1.165) is 18.6 Å². The highest BCUT2D eigenvalue weighted by molar-refractivity contribution is 7.09. The largest absolute Gasteiger partial charge is 0.348 e. The molecule has 1 aliphatic carbocycles. The zero-order valence-corrected chi connectivity index (χ0v) is 10.8. The molecule has 0 bridgehead atoms. The highest BCUT2D eigenvalue weighted by Crippen LogP contribution is 2.33. The van der Waals surface area contributed by atoms with Gasteiger partial charge < -0.3 is 4.90 Å². The lowest BCUT2D eigenvalue weighted by molar-refractivity contribution is 0.112. The second-order valence-corrected chi connectivity index (χ2v) is 5.50. The third-order valence-electron chi connectivity index (χ3n) is 3.11. The third-order valence-corrected chi connectivity index (χ3v) is 3.97. The quantitative estimate of drug-likeness (QED) is 0.773. The van der Waals surface area contributed by atoms with Gasteiger partial charge in [0.1, 0.15) is 5.82 Å². The van der Waals surface area contributed by atoms with E-state index in [9.17, 15) is 4.79 Å². The van der Waals surface area contributed by atoms with Gasteiger partial charge in [-0.3, -0.25) is 4.79 Å². The van der Waals surface area contributed by atoms with Crippen LogP contribution in [0.4, 0.5) is 5.82 Å². The highest BCUT2D eigenvalue weighted by Gasteiger charge is 2.31. The van der Waals surface area contributed by atoms with Gasteiger partial charge in [-0.2, -0.15) is 0 Å². The van der Waals surface area contributed by atoms with E-state index in [1.165, 1.54) is 17.7 Å². The molecule has 1 fully saturated rings. The van der Waals surface area contributed by atoms with Crippen LogP contribution in [0.3, 0.4) is 0 Å². The van der Waals surface area contributed by atoms with Crippen molar-refractivity contribution >= 4 is 23.4 Å². The monoisotopic (exact) mass is 258 g/mol. The first kappa shape index (κ1) is 11.4. The van der Waals surface area contributed by atoms with E-state index in [0.29, 0.717) is 11.6 Å². The number of aromatic nitrogens is 1. The number of anilines is 1. The number of carbonyl (C=O) groups is 1. The summed E-state index contributed by atoms with van der Waals surface area (Å²) < 4.78 is 0. The maximum absolute atomic E-state index is 11.1. The Balaban J connectivity index is 1.91. The Morgan fingerprint density at radius 2 is 2.28 bits per heavy atom. The fourth-order valence-corrected chi connectivity index (χ4v) is 2.78. The van der Waals surface area contributed by atoms with Crippen LogP contribution in [0.2, 0.25) is 0 Å². The first-order valence-electron chi connectivity index (χ1n) is 6.07. The van der Waals surface area contributed by atoms with E-state index in [4.69, 9.17) is 0 Å². The minimum absolute atomic E-state index is 0.542. The van der Waals surface area contributed by atoms with Gasteiger partial charge in [0.05, 0.1) is 12.1 Å². The van der Waals surface area contributed by atoms with Crippen LogP contribution in [0, 0.1) is 0 Å². The Labute approximate surface area is 110 Å². The van der Waals surface area contributed by atoms with Crippen LogP contribution < -0.4 is 4.90 Å². The summed E-state index contributed by atoms with van der Waals surface area (Å²) in [6.07, 6.45) is 5.04. The predicted molar refractivity (Wildman–Crippen MR) is 73.1 cm³/mol. The summed E-state index contributed by atoms with van der Waals surface area (Å²) in [4.78, 5) is 19.1. The van der Waals surface area contributed by atoms with Crippen molar-refractivity contribution < 1.29 is 4.79 Å². The molecule has 3 nitrogen and oxygen atoms in total. The molecule has 1 aliphatic rings. The Bertz CT molecular complexity index is 534. The normalized spacial score (nSPS) is 14.4. The molecular formula is C14H14N2OS. The smallest absolute Gasteiger partial charge is 0.153 e. The number of thiophene rings is 1. The Morgan fingerprint density at radius 1 is 1.39 bits per heavy atom. The first-order chi connectivity index (χ1) is 8.88. The van der Waals surface area contributed by atoms with Gasteiger partial charge >= 0.3 is 0 Å². The van der Waals surface area contributed by atoms with Crippen molar-refractivity contribution in [1.29, 1.82) is 0 Å². The standard InChI is InChI=1S/C14H14N2OS/c17-10-11-3-1-7-15-14(11)16(12-5-6-12)9-13-4-2-8-18-13/h1-4,7-8,10,12H,5-6,9H2. The van der Waals surface area contributed by atoms with Crippen molar-refractivity contribution in [2.45, 2.75) is 25.4 Å². The molecule has 0 aliphatic heterocycles. The second kappa shape index (κ2) is 4.90. The van der Waals surface area contributed by atoms with Crippen LogP contribution in [0.15, 0.2) is 35.8 Å². The summed E-state index contributed by atoms with van der Waals surface area (Å²) >= 11 is 1.75. The number of carbonyl (C=O) groups excluding carboxylic acids is 1. The lowest BCUT2D eigenvalue weighted by atomic mass is 10.2. The molecule has 2 heterocycles. The van der Waals surface area contributed by atoms with Crippen LogP contribution in [0.25, 0.3) is 0 Å². The minimum atomic E-state index is 0.542. The zero-order chi connectivity index (χ0) is 12.4. The number of nitrogens with zero attached hydrogens (tertiary/aromatic N) is 2. The summed E-state index contributed by atoms with van der Waals surface area (Å²) in [5, 5.41) is 2.08. The molecule has 92 valence electrons. The Morgan fingerprint density at radius 3 is 2.94 bits per heavy atom. The Kier molecular flexibility index (Phi) is 3.11. The van der Waals surface area contributed by atoms with Crippen molar-refractivity contribution in [3.8, 4) is 0 Å². The van der Waals surface area contributed by atoms with Gasteiger partial charge in [-0.15, -0.1) is 11.3 Å². The van der Waals surface area contributed by atoms with Crippen LogP contribution in [-0.2, 0) is 6.54 Å². The van der Waals surface area contributed by atoms with Gasteiger partial charge in [-0.05, 0) is 36.4 Å². The molecule has 0 spiro atoms. The molecule has 18 heavy (non-hydrogen) atoms. The zero-order valence-electron chi connectivity index (χ0n) is 9.95. The van der Waals surface area contributed by atoms with Gasteiger partial charge in [-0.1, -0.05) is 6.07 Å². The summed E-state index contributed by atoms with van der Waals surface area (Å²) in [5.41, 5.74) is 0.681. The number of aldehydes is 1. The van der Waals surface area contributed by atoms with Crippen molar-refractivity contribution in [2.24, 2.45) is 0 Å². The van der Waals surface area contributed by atoms with E-state index in [2.05, 4.69) is 27.4 Å². The van der Waals surface area contributed by atoms with E-state index in [1.807, 2.05) is 12.1 Å². The van der Waals surface area contributed by atoms with E-state index in [1.54, 1.807) is 17.5 Å². The molecular weight excluding hydrogens is 244 g/mol. The van der Waals surface area contributed by atoms with Crippen LogP contribution in [0.5, 0.6) is 0 Å². The molecule has 2 aromatic rings. The lowest BCUT2D eigenvalue weighted by Crippen LogP contribution is -2.26. The third kappa shape index (κ3) is 2.29. The van der Waals surface area contributed by atoms with E-state index in [-0.39, 0.29) is 0 Å². The van der Waals surface area contributed by atoms with Crippen molar-refractivity contribution in [1.82, 2.24) is 4.98 Å². The van der Waals surface area contributed by atoms with Gasteiger partial charge in [0.15, 0.2) is 6.29 Å². The summed E-state index contributed by atoms with van der Waals surface area (Å²) in [6.45, 7) is 0.847. The molecule has 0 unspecified atom stereocenters. The van der Waals surface area contributed by atoms with Crippen molar-refractivity contribution in [3.63, 3.8) is 0 Å². The molecule has 3 rings (SSSR count). The highest BCUT2D eigenvalue weighted by atomic mass is 32.1. The number of hydrogen-bond donors (Lipinski definition) is 0. The summed E-state index contributed by atoms with van der Waals surface area (Å²) in [7, 11) is 0. The SMILES string of the molecule is O=Cc1cccnc1N(Cc1cccs1)C1CC1. The van der Waals surface area contributed by atoms with Crippen LogP contribution in [-0.4, -0.2) is 17.3 Å². The van der Waals surface area contributed by atoms with Gasteiger partial charge in [0.25, 0.3) is 0 Å². The van der Waals surface area contributed by atoms with Crippen molar-refractivity contribution in [2.75, 3.05) is 4.90 Å². The van der Waals surface area contributed by atoms with Crippen LogP contribution in [0.1, 0.15) is 28.1 Å². The van der Waals surface area contributed by atoms with Crippen LogP contribution >= 0.6 is 11.3 Å². The molecule has 0 amide bonds. The average molecular weight is 258 g/mol. The molecule has 0 aromatic carbocycles. The lowest BCUT2D eigenvalue weighted by Gasteiger charge is -2.24. The molecule has 0 atom stereocenters. The van der Waals surface area contributed by atoms with Crippen molar-refractivity contribution in [3.05, 3.63) is 46.3 Å². The van der Waals surface area contributed by atoms with Gasteiger partial charge in [0.2, 0.25) is 0 Å². The molecule has 2 aromatic heterocycles. The number of rotatable bonds is 5. The number of pyridine rings is 1. The number of hydrogen-bond acceptors (Lipinski definition) is 4. The second-order valence-electron chi connectivity index (χ2n) is 4.47. The fourth-order valence-electron chi connectivity index (χ4n) is 2.07. The minimum Gasteiger partial charge on any atom is -0.348 e. The molecule has 0 radical (unpaired) electrons. The molecule has 1 saturated carbocycles. The summed E-state index contributed by atoms with van der Waals surface area (Å²) in [5.74, 6) is 0.823. The average Bonchev–Trinajstić information content (AvgIpc) is 3.13. The fraction of sp³-hybridized carbons (Fsp3) is 0.286. The van der Waals surface area contributed by atoms with E-state index < -0.39 is 0 Å². The maximum Gasteiger partial charge on any atom is 0.153 e.